The van der Waals surface area contributed by atoms with Crippen molar-refractivity contribution in [2.45, 2.75) is 0 Å². The highest BCUT2D eigenvalue weighted by molar-refractivity contribution is 7.21. The minimum absolute atomic E-state index is 0.355. The lowest BCUT2D eigenvalue weighted by molar-refractivity contribution is -0.128. The van der Waals surface area contributed by atoms with Crippen molar-refractivity contribution < 1.29 is 13.9 Å². The van der Waals surface area contributed by atoms with Crippen molar-refractivity contribution in [3.63, 3.8) is 0 Å². The third kappa shape index (κ3) is 3.93. The molecule has 0 saturated carbocycles. The number of hydrogen-bond donors (Lipinski definition) is 0. The van der Waals surface area contributed by atoms with E-state index in [1.165, 1.54) is 24.3 Å². The number of carbonyl (C=O) groups is 1. The van der Waals surface area contributed by atoms with Gasteiger partial charge in [0, 0.05) is 6.08 Å². The Hall–Kier alpha value is -3.31. The van der Waals surface area contributed by atoms with Crippen LogP contribution in [0.3, 0.4) is 0 Å². The van der Waals surface area contributed by atoms with Crippen LogP contribution in [-0.2, 0) is 4.79 Å². The first kappa shape index (κ1) is 17.1. The highest BCUT2D eigenvalue weighted by atomic mass is 32.1. The van der Waals surface area contributed by atoms with Crippen LogP contribution < -0.4 is 4.74 Å². The molecule has 0 saturated heterocycles. The molecule has 0 amide bonds. The first-order chi connectivity index (χ1) is 13.2. The van der Waals surface area contributed by atoms with Gasteiger partial charge in [-0.15, -0.1) is 11.3 Å². The number of esters is 1. The van der Waals surface area contributed by atoms with Crippen LogP contribution in [0.15, 0.2) is 78.9 Å². The summed E-state index contributed by atoms with van der Waals surface area (Å²) in [6.45, 7) is 0. The molecule has 1 aromatic heterocycles. The Kier molecular flexibility index (Phi) is 4.77. The molecule has 27 heavy (non-hydrogen) atoms. The zero-order chi connectivity index (χ0) is 18.6. The van der Waals surface area contributed by atoms with Crippen LogP contribution in [0.4, 0.5) is 4.39 Å². The van der Waals surface area contributed by atoms with Gasteiger partial charge < -0.3 is 4.74 Å². The van der Waals surface area contributed by atoms with Gasteiger partial charge in [0.25, 0.3) is 0 Å². The van der Waals surface area contributed by atoms with Gasteiger partial charge in [0.2, 0.25) is 0 Å². The largest absolute Gasteiger partial charge is 0.423 e. The van der Waals surface area contributed by atoms with Gasteiger partial charge in [-0.05, 0) is 48.0 Å². The summed E-state index contributed by atoms with van der Waals surface area (Å²) in [4.78, 5) is 16.8. The first-order valence-corrected chi connectivity index (χ1v) is 9.11. The second kappa shape index (κ2) is 7.51. The fraction of sp³-hybridized carbons (Fsp3) is 0. The smallest absolute Gasteiger partial charge is 0.336 e. The van der Waals surface area contributed by atoms with Crippen molar-refractivity contribution >= 4 is 33.6 Å². The maximum atomic E-state index is 13.2. The van der Waals surface area contributed by atoms with Gasteiger partial charge in [-0.3, -0.25) is 0 Å². The van der Waals surface area contributed by atoms with E-state index in [9.17, 15) is 9.18 Å². The minimum atomic E-state index is -0.534. The molecule has 5 heteroatoms. The molecule has 0 aliphatic rings. The predicted molar refractivity (Wildman–Crippen MR) is 106 cm³/mol. The maximum Gasteiger partial charge on any atom is 0.336 e. The number of ether oxygens (including phenoxy) is 1. The molecule has 4 aromatic rings. The molecule has 1 heterocycles. The summed E-state index contributed by atoms with van der Waals surface area (Å²) in [6, 6.07) is 21.1. The second-order valence-corrected chi connectivity index (χ2v) is 6.82. The van der Waals surface area contributed by atoms with Crippen molar-refractivity contribution in [2.24, 2.45) is 0 Å². The molecular formula is C22H14FNO2S. The molecule has 0 unspecified atom stereocenters. The van der Waals surface area contributed by atoms with E-state index < -0.39 is 5.97 Å². The van der Waals surface area contributed by atoms with E-state index in [4.69, 9.17) is 4.74 Å². The van der Waals surface area contributed by atoms with Crippen LogP contribution in [0.5, 0.6) is 5.75 Å². The van der Waals surface area contributed by atoms with E-state index in [0.29, 0.717) is 11.3 Å². The van der Waals surface area contributed by atoms with Crippen LogP contribution in [0, 0.1) is 5.82 Å². The van der Waals surface area contributed by atoms with Crippen molar-refractivity contribution in [2.75, 3.05) is 0 Å². The van der Waals surface area contributed by atoms with Crippen molar-refractivity contribution in [3.8, 4) is 16.3 Å². The van der Waals surface area contributed by atoms with E-state index in [1.807, 2.05) is 36.4 Å². The molecular weight excluding hydrogens is 361 g/mol. The van der Waals surface area contributed by atoms with Crippen LogP contribution >= 0.6 is 11.3 Å². The summed E-state index contributed by atoms with van der Waals surface area (Å²) in [5.74, 6) is -0.454. The Morgan fingerprint density at radius 1 is 1.00 bits per heavy atom. The van der Waals surface area contributed by atoms with Gasteiger partial charge in [-0.2, -0.15) is 0 Å². The Balaban J connectivity index is 1.58. The molecule has 4 rings (SSSR count). The molecule has 0 atom stereocenters. The Labute approximate surface area is 159 Å². The zero-order valence-electron chi connectivity index (χ0n) is 14.1. The Morgan fingerprint density at radius 2 is 1.81 bits per heavy atom. The average Bonchev–Trinajstić information content (AvgIpc) is 3.11. The monoisotopic (exact) mass is 375 g/mol. The van der Waals surface area contributed by atoms with Crippen molar-refractivity contribution in [3.05, 3.63) is 90.3 Å². The summed E-state index contributed by atoms with van der Waals surface area (Å²) in [5.41, 5.74) is 2.25. The molecule has 0 fully saturated rings. The molecule has 3 aromatic carbocycles. The Morgan fingerprint density at radius 3 is 2.67 bits per heavy atom. The number of nitrogens with zero attached hydrogens (tertiary/aromatic N) is 1. The van der Waals surface area contributed by atoms with E-state index in [1.54, 1.807) is 35.6 Å². The molecule has 3 nitrogen and oxygen atoms in total. The summed E-state index contributed by atoms with van der Waals surface area (Å²) in [5, 5.41) is 0.786. The predicted octanol–water partition coefficient (Wildman–Crippen LogP) is 5.72. The highest BCUT2D eigenvalue weighted by Gasteiger charge is 2.13. The number of carbonyl (C=O) groups excluding carboxylic acids is 1. The summed E-state index contributed by atoms with van der Waals surface area (Å²) >= 11 is 1.54. The van der Waals surface area contributed by atoms with E-state index in [2.05, 4.69) is 4.98 Å². The molecule has 0 aliphatic carbocycles. The van der Waals surface area contributed by atoms with Gasteiger partial charge in [0.15, 0.2) is 0 Å². The SMILES string of the molecule is O=C(/C=C/c1cccc(F)c1)Oc1ccccc1-c1nc2ccccc2s1. The highest BCUT2D eigenvalue weighted by Crippen LogP contribution is 2.35. The molecule has 132 valence electrons. The topological polar surface area (TPSA) is 39.2 Å². The van der Waals surface area contributed by atoms with Crippen LogP contribution in [0.25, 0.3) is 26.9 Å². The number of aromatic nitrogens is 1. The van der Waals surface area contributed by atoms with Gasteiger partial charge in [0.1, 0.15) is 16.6 Å². The van der Waals surface area contributed by atoms with E-state index >= 15 is 0 Å². The zero-order valence-corrected chi connectivity index (χ0v) is 14.9. The second-order valence-electron chi connectivity index (χ2n) is 5.79. The van der Waals surface area contributed by atoms with Crippen LogP contribution in [-0.4, -0.2) is 11.0 Å². The summed E-state index contributed by atoms with van der Waals surface area (Å²) in [7, 11) is 0. The molecule has 0 spiro atoms. The molecule has 0 aliphatic heterocycles. The van der Waals surface area contributed by atoms with Crippen molar-refractivity contribution in [1.29, 1.82) is 0 Å². The van der Waals surface area contributed by atoms with Gasteiger partial charge in [-0.1, -0.05) is 36.4 Å². The number of fused-ring (bicyclic) bond motifs is 1. The number of para-hydroxylation sites is 2. The van der Waals surface area contributed by atoms with Gasteiger partial charge in [0.05, 0.1) is 15.8 Å². The third-order valence-corrected chi connectivity index (χ3v) is 4.95. The lowest BCUT2D eigenvalue weighted by atomic mass is 10.2. The normalized spacial score (nSPS) is 11.1. The number of benzene rings is 3. The van der Waals surface area contributed by atoms with Gasteiger partial charge in [-0.25, -0.2) is 14.2 Å². The lowest BCUT2D eigenvalue weighted by Crippen LogP contribution is -2.04. The molecule has 0 radical (unpaired) electrons. The van der Waals surface area contributed by atoms with Gasteiger partial charge >= 0.3 is 5.97 Å². The van der Waals surface area contributed by atoms with Crippen LogP contribution in [0.1, 0.15) is 5.56 Å². The summed E-state index contributed by atoms with van der Waals surface area (Å²) in [6.07, 6.45) is 2.80. The number of thiazole rings is 1. The maximum absolute atomic E-state index is 13.2. The quantitative estimate of drug-likeness (QED) is 0.260. The van der Waals surface area contributed by atoms with Crippen LogP contribution in [0.2, 0.25) is 0 Å². The third-order valence-electron chi connectivity index (χ3n) is 3.88. The summed E-state index contributed by atoms with van der Waals surface area (Å²) < 4.78 is 19.8. The average molecular weight is 375 g/mol. The van der Waals surface area contributed by atoms with E-state index in [0.717, 1.165) is 20.8 Å². The minimum Gasteiger partial charge on any atom is -0.423 e. The fourth-order valence-electron chi connectivity index (χ4n) is 2.64. The standard InChI is InChI=1S/C22H14FNO2S/c23-16-7-5-6-15(14-16)12-13-21(25)26-19-10-3-1-8-17(19)22-24-18-9-2-4-11-20(18)27-22/h1-14H/b13-12+. The van der Waals surface area contributed by atoms with Crippen molar-refractivity contribution in [1.82, 2.24) is 4.98 Å². The molecule has 0 N–H and O–H groups in total. The Bertz CT molecular complexity index is 1120. The number of rotatable bonds is 4. The molecule has 0 bridgehead atoms. The number of halogens is 1. The lowest BCUT2D eigenvalue weighted by Gasteiger charge is -2.06. The van der Waals surface area contributed by atoms with E-state index in [-0.39, 0.29) is 5.82 Å². The fourth-order valence-corrected chi connectivity index (χ4v) is 3.63. The first-order valence-electron chi connectivity index (χ1n) is 8.29. The number of hydrogen-bond acceptors (Lipinski definition) is 4.